The zero-order valence-electron chi connectivity index (χ0n) is 18.3. The van der Waals surface area contributed by atoms with E-state index in [0.717, 1.165) is 6.42 Å². The lowest BCUT2D eigenvalue weighted by atomic mass is 9.90. The maximum absolute atomic E-state index is 11.7. The molecule has 0 bridgehead atoms. The highest BCUT2D eigenvalue weighted by Crippen LogP contribution is 2.39. The van der Waals surface area contributed by atoms with Crippen LogP contribution in [0.4, 0.5) is 0 Å². The first-order valence-corrected chi connectivity index (χ1v) is 12.7. The molecule has 0 saturated heterocycles. The number of allylic oxidation sites excluding steroid dienone is 4. The lowest BCUT2D eigenvalue weighted by Crippen LogP contribution is -2.47. The molecular weight excluding hydrogens is 340 g/mol. The van der Waals surface area contributed by atoms with E-state index in [1.54, 1.807) is 6.08 Å². The molecule has 4 heteroatoms. The molecule has 150 valence electrons. The van der Waals surface area contributed by atoms with E-state index >= 15 is 0 Å². The van der Waals surface area contributed by atoms with Gasteiger partial charge in [-0.25, -0.2) is 4.79 Å². The van der Waals surface area contributed by atoms with Gasteiger partial charge in [0, 0.05) is 6.08 Å². The summed E-state index contributed by atoms with van der Waals surface area (Å²) in [6, 6.07) is 0. The van der Waals surface area contributed by atoms with E-state index in [1.807, 2.05) is 32.1 Å². The fourth-order valence-electron chi connectivity index (χ4n) is 2.41. The predicted octanol–water partition coefficient (Wildman–Crippen LogP) is 6.29. The van der Waals surface area contributed by atoms with Crippen molar-refractivity contribution in [3.8, 4) is 0 Å². The fraction of sp³-hybridized carbons (Fsp3) is 0.682. The van der Waals surface area contributed by atoms with Crippen LogP contribution >= 0.6 is 0 Å². The molecule has 0 aromatic heterocycles. The van der Waals surface area contributed by atoms with Crippen LogP contribution in [0.1, 0.15) is 54.9 Å². The summed E-state index contributed by atoms with van der Waals surface area (Å²) >= 11 is 0. The Morgan fingerprint density at radius 1 is 1.15 bits per heavy atom. The summed E-state index contributed by atoms with van der Waals surface area (Å²) < 4.78 is 11.8. The first-order chi connectivity index (χ1) is 12.0. The first kappa shape index (κ1) is 24.9. The van der Waals surface area contributed by atoms with Crippen molar-refractivity contribution in [1.29, 1.82) is 0 Å². The Kier molecular flexibility index (Phi) is 11.0. The third kappa shape index (κ3) is 8.99. The molecule has 0 aliphatic heterocycles. The van der Waals surface area contributed by atoms with Crippen LogP contribution in [0.2, 0.25) is 18.1 Å². The summed E-state index contributed by atoms with van der Waals surface area (Å²) in [4.78, 5) is 11.7. The van der Waals surface area contributed by atoms with E-state index < -0.39 is 8.32 Å². The van der Waals surface area contributed by atoms with E-state index in [9.17, 15) is 4.79 Å². The molecule has 3 atom stereocenters. The zero-order valence-corrected chi connectivity index (χ0v) is 19.3. The lowest BCUT2D eigenvalue weighted by molar-refractivity contribution is -0.137. The molecule has 0 N–H and O–H groups in total. The number of hydrogen-bond acceptors (Lipinski definition) is 3. The smallest absolute Gasteiger partial charge is 0.330 e. The molecule has 0 heterocycles. The highest BCUT2D eigenvalue weighted by molar-refractivity contribution is 6.74. The molecule has 0 aliphatic rings. The van der Waals surface area contributed by atoms with Crippen LogP contribution in [0.25, 0.3) is 0 Å². The summed E-state index contributed by atoms with van der Waals surface area (Å²) in [6.45, 7) is 19.9. The van der Waals surface area contributed by atoms with Gasteiger partial charge in [-0.15, -0.1) is 0 Å². The van der Waals surface area contributed by atoms with Gasteiger partial charge in [0.1, 0.15) is 0 Å². The van der Waals surface area contributed by atoms with E-state index in [0.29, 0.717) is 12.5 Å². The summed E-state index contributed by atoms with van der Waals surface area (Å²) in [5, 5.41) is 0.149. The molecule has 26 heavy (non-hydrogen) atoms. The lowest BCUT2D eigenvalue weighted by Gasteiger charge is -2.42. The van der Waals surface area contributed by atoms with Crippen molar-refractivity contribution in [1.82, 2.24) is 0 Å². The molecule has 0 aromatic rings. The first-order valence-electron chi connectivity index (χ1n) is 9.76. The molecule has 3 nitrogen and oxygen atoms in total. The Morgan fingerprint density at radius 2 is 1.77 bits per heavy atom. The van der Waals surface area contributed by atoms with Gasteiger partial charge in [0.15, 0.2) is 8.32 Å². The standard InChI is InChI=1S/C22H40O3Si/c1-10-12-13-14-15-18(3)21(25-26(8,9)22(5,6)7)19(4)16-17-20(23)24-11-2/h10,12-14,16-19,21H,11,15H2,1-9H3/b12-10+,14-13+,17-16-/t18-,19+,21+/m1/s1. The van der Waals surface area contributed by atoms with Crippen molar-refractivity contribution in [2.24, 2.45) is 11.8 Å². The molecule has 0 fully saturated rings. The Hall–Kier alpha value is -1.13. The Morgan fingerprint density at radius 3 is 2.27 bits per heavy atom. The minimum Gasteiger partial charge on any atom is -0.463 e. The third-order valence-corrected chi connectivity index (χ3v) is 9.56. The number of carbonyl (C=O) groups is 1. The number of carbonyl (C=O) groups excluding carboxylic acids is 1. The number of hydrogen-bond donors (Lipinski definition) is 0. The second kappa shape index (κ2) is 11.6. The molecule has 0 aromatic carbocycles. The molecule has 0 saturated carbocycles. The number of ether oxygens (including phenoxy) is 1. The number of esters is 1. The largest absolute Gasteiger partial charge is 0.463 e. The molecule has 0 aliphatic carbocycles. The monoisotopic (exact) mass is 380 g/mol. The Labute approximate surface area is 162 Å². The van der Waals surface area contributed by atoms with E-state index in [1.165, 1.54) is 0 Å². The van der Waals surface area contributed by atoms with Gasteiger partial charge in [-0.2, -0.15) is 0 Å². The quantitative estimate of drug-likeness (QED) is 0.193. The van der Waals surface area contributed by atoms with Gasteiger partial charge >= 0.3 is 5.97 Å². The average Bonchev–Trinajstić information content (AvgIpc) is 2.53. The van der Waals surface area contributed by atoms with Crippen molar-refractivity contribution < 1.29 is 14.0 Å². The maximum Gasteiger partial charge on any atom is 0.330 e. The van der Waals surface area contributed by atoms with Crippen molar-refractivity contribution in [2.75, 3.05) is 6.61 Å². The highest BCUT2D eigenvalue weighted by atomic mass is 28.4. The SMILES string of the molecule is C/C=C/C=C/C[C@@H](C)[C@H](O[Si](C)(C)C(C)(C)C)[C@@H](C)/C=C\C(=O)OCC. The van der Waals surface area contributed by atoms with Crippen LogP contribution in [0.3, 0.4) is 0 Å². The molecule has 0 unspecified atom stereocenters. The van der Waals surface area contributed by atoms with Gasteiger partial charge in [-0.1, -0.05) is 65.0 Å². The van der Waals surface area contributed by atoms with E-state index in [-0.39, 0.29) is 23.0 Å². The van der Waals surface area contributed by atoms with Crippen molar-refractivity contribution >= 4 is 14.3 Å². The van der Waals surface area contributed by atoms with Crippen molar-refractivity contribution in [2.45, 2.75) is 79.1 Å². The molecule has 0 rings (SSSR count). The second-order valence-corrected chi connectivity index (χ2v) is 13.2. The Bertz CT molecular complexity index is 498. The fourth-order valence-corrected chi connectivity index (χ4v) is 3.89. The van der Waals surface area contributed by atoms with Gasteiger partial charge in [-0.3, -0.25) is 0 Å². The van der Waals surface area contributed by atoms with Gasteiger partial charge < -0.3 is 9.16 Å². The summed E-state index contributed by atoms with van der Waals surface area (Å²) in [6.07, 6.45) is 12.8. The normalized spacial score (nSPS) is 17.1. The zero-order chi connectivity index (χ0) is 20.4. The van der Waals surface area contributed by atoms with Crippen LogP contribution in [-0.4, -0.2) is 27.0 Å². The van der Waals surface area contributed by atoms with Crippen LogP contribution in [0.15, 0.2) is 36.5 Å². The third-order valence-electron chi connectivity index (χ3n) is 5.09. The minimum absolute atomic E-state index is 0.0665. The van der Waals surface area contributed by atoms with Crippen LogP contribution in [-0.2, 0) is 14.0 Å². The maximum atomic E-state index is 11.7. The van der Waals surface area contributed by atoms with Crippen LogP contribution < -0.4 is 0 Å². The van der Waals surface area contributed by atoms with E-state index in [4.69, 9.17) is 9.16 Å². The summed E-state index contributed by atoms with van der Waals surface area (Å²) in [5.74, 6) is 0.206. The van der Waals surface area contributed by atoms with Crippen molar-refractivity contribution in [3.05, 3.63) is 36.5 Å². The van der Waals surface area contributed by atoms with Gasteiger partial charge in [-0.05, 0) is 50.2 Å². The molecule has 0 radical (unpaired) electrons. The highest BCUT2D eigenvalue weighted by Gasteiger charge is 2.40. The molecular formula is C22H40O3Si. The summed E-state index contributed by atoms with van der Waals surface area (Å²) in [5.41, 5.74) is 0. The minimum atomic E-state index is -1.91. The summed E-state index contributed by atoms with van der Waals surface area (Å²) in [7, 11) is -1.91. The Balaban J connectivity index is 5.35. The van der Waals surface area contributed by atoms with E-state index in [2.05, 4.69) is 59.9 Å². The van der Waals surface area contributed by atoms with Crippen molar-refractivity contribution in [3.63, 3.8) is 0 Å². The predicted molar refractivity (Wildman–Crippen MR) is 115 cm³/mol. The number of rotatable bonds is 10. The van der Waals surface area contributed by atoms with Gasteiger partial charge in [0.05, 0.1) is 12.7 Å². The van der Waals surface area contributed by atoms with Crippen LogP contribution in [0, 0.1) is 11.8 Å². The second-order valence-electron chi connectivity index (χ2n) is 8.48. The van der Waals surface area contributed by atoms with Crippen LogP contribution in [0.5, 0.6) is 0 Å². The van der Waals surface area contributed by atoms with Gasteiger partial charge in [0.25, 0.3) is 0 Å². The van der Waals surface area contributed by atoms with Gasteiger partial charge in [0.2, 0.25) is 0 Å². The average molecular weight is 381 g/mol. The topological polar surface area (TPSA) is 35.5 Å². The molecule has 0 amide bonds. The molecule has 0 spiro atoms.